The molecule has 10 heterocycles. The lowest BCUT2D eigenvalue weighted by Crippen LogP contribution is -2.42. The molecule has 14 aromatic carbocycles. The van der Waals surface area contributed by atoms with E-state index in [1.807, 2.05) is 177 Å². The summed E-state index contributed by atoms with van der Waals surface area (Å²) in [6, 6.07) is 122. The fraction of sp³-hybridized carbons (Fsp3) is 0.202. The van der Waals surface area contributed by atoms with Crippen LogP contribution in [0, 0.1) is 81.1 Å². The minimum absolute atomic E-state index is 0.160. The van der Waals surface area contributed by atoms with Crippen molar-refractivity contribution >= 4 is 0 Å². The summed E-state index contributed by atoms with van der Waals surface area (Å²) >= 11 is 0. The number of imidazole rings is 5. The van der Waals surface area contributed by atoms with Gasteiger partial charge in [-0.1, -0.05) is 359 Å². The van der Waals surface area contributed by atoms with Crippen LogP contribution in [0.4, 0.5) is 0 Å². The molecule has 134 heavy (non-hydrogen) atoms. The summed E-state index contributed by atoms with van der Waals surface area (Å²) in [5.41, 5.74) is 35.2. The molecule has 0 radical (unpaired) electrons. The van der Waals surface area contributed by atoms with E-state index in [9.17, 15) is 5.48 Å². The van der Waals surface area contributed by atoms with E-state index in [1.165, 1.54) is 82.2 Å². The highest BCUT2D eigenvalue weighted by Gasteiger charge is 2.58. The molecule has 0 spiro atoms. The minimum Gasteiger partial charge on any atom is -0.225 e. The van der Waals surface area contributed by atoms with Gasteiger partial charge in [-0.3, -0.25) is 0 Å². The quantitative estimate of drug-likeness (QED) is 0.116. The smallest absolute Gasteiger partial charge is 0.225 e. The van der Waals surface area contributed by atoms with E-state index in [4.69, 9.17) is 6.85 Å². The predicted molar refractivity (Wildman–Crippen MR) is 540 cm³/mol. The lowest BCUT2D eigenvalue weighted by molar-refractivity contribution is -0.602. The summed E-state index contributed by atoms with van der Waals surface area (Å²) in [4.78, 5) is 0. The van der Waals surface area contributed by atoms with Crippen molar-refractivity contribution in [3.63, 3.8) is 0 Å². The predicted octanol–water partition coefficient (Wildman–Crippen LogP) is 26.1. The van der Waals surface area contributed by atoms with E-state index in [2.05, 4.69) is 291 Å². The van der Waals surface area contributed by atoms with Crippen LogP contribution in [-0.2, 0) is 17.6 Å². The zero-order chi connectivity index (χ0) is 99.0. The number of hydrogen-bond acceptors (Lipinski definition) is 0. The Morgan fingerprint density at radius 1 is 0.291 bits per heavy atom. The first kappa shape index (κ1) is 74.8. The molecule has 10 heteroatoms. The third kappa shape index (κ3) is 13.9. The zero-order valence-corrected chi connectivity index (χ0v) is 77.9. The Labute approximate surface area is 801 Å². The van der Waals surface area contributed by atoms with Crippen LogP contribution in [-0.4, -0.2) is 22.8 Å². The summed E-state index contributed by atoms with van der Waals surface area (Å²) in [6.45, 7) is 19.1. The number of aryl methyl sites for hydroxylation is 5. The zero-order valence-electron chi connectivity index (χ0n) is 86.9. The van der Waals surface area contributed by atoms with E-state index in [0.717, 1.165) is 159 Å². The summed E-state index contributed by atoms with van der Waals surface area (Å²) in [5.74, 6) is 0.745. The SMILES string of the molecule is [2H]c1n2c(c(C)[n+]1-c1ccccc1C)-c1ccccc1C2([2H])C1CCCC1.[2H]c1n2c(c(C)[n+]1-c1ccccc1C)-c1ccccc1C2([2H])[2H].[2H]c1n2c(c(C)[n+]1-c1ccccc1C)-c1ccccc1C2([2H])c1ccccc1.[2H]c1n2c(c(C)[n+]1-c1ccccc1C)-c1ccccc1C2(c1ccccc1)C1CCCC1.[2H]c1n2c(c(C)[n+]1-c1ccccc1C)-c1ccccc1C2(c1ccccc1)c1ccccc1. The van der Waals surface area contributed by atoms with E-state index in [0.29, 0.717) is 36.7 Å². The van der Waals surface area contributed by atoms with Gasteiger partial charge in [-0.15, -0.1) is 0 Å². The van der Waals surface area contributed by atoms with Crippen LogP contribution in [0.3, 0.4) is 0 Å². The highest BCUT2D eigenvalue weighted by Crippen LogP contribution is 2.58. The van der Waals surface area contributed by atoms with Gasteiger partial charge in [0.2, 0.25) is 12.6 Å². The molecular formula is C124H117N10+5. The molecule has 0 N–H and O–H groups in total. The number of para-hydroxylation sites is 5. The van der Waals surface area contributed by atoms with Gasteiger partial charge < -0.3 is 0 Å². The topological polar surface area (TPSA) is 44.0 Å². The molecule has 2 saturated carbocycles. The van der Waals surface area contributed by atoms with Crippen molar-refractivity contribution in [1.82, 2.24) is 22.8 Å². The van der Waals surface area contributed by atoms with Crippen LogP contribution in [0.1, 0.15) is 182 Å². The first-order valence-electron chi connectivity index (χ1n) is 52.1. The fourth-order valence-electron chi connectivity index (χ4n) is 23.0. The molecule has 0 amide bonds. The molecule has 2 aliphatic carbocycles. The van der Waals surface area contributed by atoms with Crippen molar-refractivity contribution in [1.29, 1.82) is 0 Å². The molecule has 7 aliphatic rings. The van der Waals surface area contributed by atoms with Crippen LogP contribution in [0.15, 0.2) is 395 Å². The van der Waals surface area contributed by atoms with Gasteiger partial charge in [0, 0.05) is 124 Å². The standard InChI is InChI=1S/C30H25N2.C29H29N2.C24H21N2.C23H25N2.C18H17N2/c1-22-13-9-12-20-28(22)31-21-32-29(23(31)2)26-18-10-11-19-27(26)30(32,24-14-5-3-6-15-24)25-16-7-4-8-17-25;1-21-12-6-11-19-27(21)30-20-31-28(22(30)2)25-17-9-10-18-26(25)29(31,24-15-7-8-16-24)23-13-4-3-5-14-23;1-17-10-6-9-15-22(17)25-16-26-23(18(25)2)20-13-7-8-14-21(20)24(26)19-11-4-3-5-12-19;1-16-9-3-8-14-21(16)24-15-25-22(17(24)2)19-12-6-7-13-20(19)23(25)18-10-4-5-11-18;1-13-7-3-6-10-17(13)20-12-19-11-15-8-4-5-9-16(15)18(19)14(20)2/h3-21H,1-2H3;3-6,9-14,17-20,24H,7-8,15-16H2,1-2H3;3-16,24H,1-2H3;3,6-9,12-15,18,23H,4-5,10-11H2,1-2H3;3-10,12H,11H2,1-2H3/q5*+1/i21D;20D;16D,24D;15D,23D;11D2,12D. The van der Waals surface area contributed by atoms with Crippen LogP contribution in [0.2, 0.25) is 0 Å². The molecule has 10 nitrogen and oxygen atoms in total. The lowest BCUT2D eigenvalue weighted by atomic mass is 9.72. The van der Waals surface area contributed by atoms with Crippen molar-refractivity contribution in [3.8, 4) is 84.7 Å². The molecule has 0 saturated heterocycles. The van der Waals surface area contributed by atoms with Gasteiger partial charge in [0.05, 0.1) is 5.48 Å². The molecule has 26 rings (SSSR count). The molecule has 5 aliphatic heterocycles. The number of rotatable bonds is 11. The maximum atomic E-state index is 9.64. The Morgan fingerprint density at radius 3 is 1.14 bits per heavy atom. The molecule has 0 bridgehead atoms. The summed E-state index contributed by atoms with van der Waals surface area (Å²) in [6.07, 6.45) is 11.4. The summed E-state index contributed by atoms with van der Waals surface area (Å²) in [7, 11) is 0. The highest BCUT2D eigenvalue weighted by molar-refractivity contribution is 5.79. The van der Waals surface area contributed by atoms with Crippen molar-refractivity contribution < 1.29 is 35.2 Å². The first-order valence-corrected chi connectivity index (χ1v) is 47.6. The number of fused-ring (bicyclic) bond motifs is 15. The third-order valence-electron chi connectivity index (χ3n) is 29.2. The van der Waals surface area contributed by atoms with E-state index >= 15 is 0 Å². The van der Waals surface area contributed by atoms with Gasteiger partial charge >= 0.3 is 0 Å². The van der Waals surface area contributed by atoms with Crippen LogP contribution >= 0.6 is 0 Å². The Morgan fingerprint density at radius 2 is 0.634 bits per heavy atom. The molecule has 3 unspecified atom stereocenters. The van der Waals surface area contributed by atoms with Gasteiger partial charge in [-0.25, -0.2) is 22.8 Å². The van der Waals surface area contributed by atoms with Gasteiger partial charge in [0.1, 0.15) is 41.0 Å². The van der Waals surface area contributed by atoms with E-state index < -0.39 is 24.1 Å². The second-order valence-electron chi connectivity index (χ2n) is 36.9. The van der Waals surface area contributed by atoms with Crippen LogP contribution < -0.4 is 22.8 Å². The summed E-state index contributed by atoms with van der Waals surface area (Å²) < 4.78 is 102. The third-order valence-corrected chi connectivity index (χ3v) is 29.2. The van der Waals surface area contributed by atoms with Crippen LogP contribution in [0.25, 0.3) is 84.7 Å². The highest BCUT2D eigenvalue weighted by atomic mass is 15.2. The molecule has 2 fully saturated rings. The minimum atomic E-state index is -1.71. The number of aromatic nitrogens is 10. The second-order valence-corrected chi connectivity index (χ2v) is 36.9. The number of benzene rings is 14. The Bertz CT molecular complexity index is 8160. The lowest BCUT2D eigenvalue weighted by Gasteiger charge is -2.35. The Kier molecular flexibility index (Phi) is 19.5. The van der Waals surface area contributed by atoms with Crippen molar-refractivity contribution in [2.45, 2.75) is 150 Å². The molecule has 19 aromatic rings. The number of nitrogens with zero attached hydrogens (tertiary/aromatic N) is 10. The van der Waals surface area contributed by atoms with Crippen molar-refractivity contribution in [2.24, 2.45) is 11.8 Å². The Balaban J connectivity index is 0.000000103. The van der Waals surface area contributed by atoms with Gasteiger partial charge in [0.15, 0.2) is 80.9 Å². The average molecular weight is 1760 g/mol. The molecule has 5 aromatic heterocycles. The van der Waals surface area contributed by atoms with Crippen molar-refractivity contribution in [2.75, 3.05) is 0 Å². The molecule has 3 atom stereocenters. The van der Waals surface area contributed by atoms with Crippen LogP contribution in [0.5, 0.6) is 0 Å². The monoisotopic (exact) mass is 1760 g/mol. The maximum Gasteiger partial charge on any atom is 0.251 e. The second kappa shape index (κ2) is 35.0. The fourth-order valence-corrected chi connectivity index (χ4v) is 23.0. The normalized spacial score (nSPS) is 18.6. The van der Waals surface area contributed by atoms with E-state index in [-0.39, 0.29) is 17.8 Å². The first-order chi connectivity index (χ1) is 69.3. The Hall–Kier alpha value is -14.9. The molecular weight excluding hydrogens is 1630 g/mol. The van der Waals surface area contributed by atoms with Gasteiger partial charge in [0.25, 0.3) is 18.9 Å². The van der Waals surface area contributed by atoms with Gasteiger partial charge in [-0.2, -0.15) is 22.8 Å². The molecule has 658 valence electrons. The number of hydrogen-bond donors (Lipinski definition) is 0. The largest absolute Gasteiger partial charge is 0.251 e. The maximum absolute atomic E-state index is 9.64. The average Bonchev–Trinajstić information content (AvgIpc) is 1.52. The van der Waals surface area contributed by atoms with E-state index in [1.54, 1.807) is 6.07 Å². The van der Waals surface area contributed by atoms with Gasteiger partial charge in [-0.05, 0) is 118 Å². The summed E-state index contributed by atoms with van der Waals surface area (Å²) in [5, 5.41) is 0. The van der Waals surface area contributed by atoms with Crippen molar-refractivity contribution in [3.05, 3.63) is 502 Å².